The van der Waals surface area contributed by atoms with E-state index in [1.54, 1.807) is 30.6 Å². The van der Waals surface area contributed by atoms with Crippen LogP contribution >= 0.6 is 23.2 Å². The molecule has 0 bridgehead atoms. The van der Waals surface area contributed by atoms with E-state index in [1.807, 2.05) is 39.8 Å². The van der Waals surface area contributed by atoms with Crippen molar-refractivity contribution in [3.05, 3.63) is 58.0 Å². The van der Waals surface area contributed by atoms with Gasteiger partial charge < -0.3 is 5.32 Å². The highest BCUT2D eigenvalue weighted by Gasteiger charge is 2.08. The maximum atomic E-state index is 6.17. The number of rotatable bonds is 0. The van der Waals surface area contributed by atoms with Gasteiger partial charge in [0.05, 0.1) is 21.4 Å². The third-order valence-corrected chi connectivity index (χ3v) is 3.96. The molecule has 0 amide bonds. The number of halogens is 2. The lowest BCUT2D eigenvalue weighted by molar-refractivity contribution is 1.32. The van der Waals surface area contributed by atoms with Crippen LogP contribution in [-0.4, -0.2) is 17.6 Å². The first-order valence-electron chi connectivity index (χ1n) is 7.76. The number of nitrogens with zero attached hydrogens (tertiary/aromatic N) is 3. The summed E-state index contributed by atoms with van der Waals surface area (Å²) in [5.41, 5.74) is 4.90. The van der Waals surface area contributed by atoms with E-state index in [-0.39, 0.29) is 0 Å². The normalized spacial score (nSPS) is 24.6. The van der Waals surface area contributed by atoms with Gasteiger partial charge in [-0.25, -0.2) is 0 Å². The molecule has 0 saturated carbocycles. The van der Waals surface area contributed by atoms with Crippen LogP contribution in [0, 0.1) is 0 Å². The van der Waals surface area contributed by atoms with Gasteiger partial charge in [0.2, 0.25) is 0 Å². The molecular weight excluding hydrogens is 355 g/mol. The summed E-state index contributed by atoms with van der Waals surface area (Å²) in [6.45, 7) is 7.70. The van der Waals surface area contributed by atoms with E-state index in [9.17, 15) is 0 Å². The smallest absolute Gasteiger partial charge is 0.0883 e. The zero-order valence-corrected chi connectivity index (χ0v) is 16.2. The Morgan fingerprint density at radius 2 is 1.64 bits per heavy atom. The van der Waals surface area contributed by atoms with Gasteiger partial charge >= 0.3 is 0 Å². The third kappa shape index (κ3) is 6.00. The van der Waals surface area contributed by atoms with Crippen LogP contribution in [0.25, 0.3) is 0 Å². The molecule has 0 spiro atoms. The number of allylic oxidation sites excluding steroid dienone is 5. The highest BCUT2D eigenvalue weighted by Crippen LogP contribution is 2.35. The minimum atomic E-state index is 0.457. The maximum Gasteiger partial charge on any atom is 0.0883 e. The van der Waals surface area contributed by atoms with Crippen LogP contribution in [0.2, 0.25) is 10.0 Å². The zero-order valence-electron chi connectivity index (χ0n) is 14.6. The quantitative estimate of drug-likeness (QED) is 0.563. The van der Waals surface area contributed by atoms with Crippen molar-refractivity contribution in [3.63, 3.8) is 0 Å². The van der Waals surface area contributed by atoms with Crippen LogP contribution in [-0.2, 0) is 0 Å². The largest absolute Gasteiger partial charge is 0.357 e. The Hall–Kier alpha value is -2.17. The highest BCUT2D eigenvalue weighted by atomic mass is 35.5. The summed E-state index contributed by atoms with van der Waals surface area (Å²) in [5.74, 6) is 0. The summed E-state index contributed by atoms with van der Waals surface area (Å²) in [4.78, 5) is 13.3. The lowest BCUT2D eigenvalue weighted by atomic mass is 10.2. The number of anilines is 1. The van der Waals surface area contributed by atoms with E-state index in [2.05, 4.69) is 20.3 Å². The molecule has 1 aromatic carbocycles. The van der Waals surface area contributed by atoms with Crippen LogP contribution in [0.3, 0.4) is 0 Å². The third-order valence-electron chi connectivity index (χ3n) is 3.24. The zero-order chi connectivity index (χ0) is 18.4. The van der Waals surface area contributed by atoms with Crippen molar-refractivity contribution >= 4 is 52.2 Å². The Labute approximate surface area is 158 Å². The number of aliphatic imine (C=N–C) groups is 3. The SMILES string of the molecule is CC1=Nc2cc(Cl)c(Cl)cc2N\C(C)=C/C(C)=N/C=C/C=N/C(C)=C\1. The van der Waals surface area contributed by atoms with Gasteiger partial charge in [0.15, 0.2) is 0 Å². The predicted molar refractivity (Wildman–Crippen MR) is 111 cm³/mol. The summed E-state index contributed by atoms with van der Waals surface area (Å²) in [6.07, 6.45) is 9.04. The molecule has 1 aromatic rings. The number of hydrogen-bond donors (Lipinski definition) is 1. The number of fused-ring (bicyclic) bond motifs is 1. The Kier molecular flexibility index (Phi) is 6.73. The average Bonchev–Trinajstić information content (AvgIpc) is 2.51. The maximum absolute atomic E-state index is 6.17. The number of hydrogen-bond acceptors (Lipinski definition) is 4. The lowest BCUT2D eigenvalue weighted by Gasteiger charge is -2.12. The molecule has 0 saturated heterocycles. The molecule has 0 fully saturated rings. The topological polar surface area (TPSA) is 49.1 Å². The number of benzene rings is 1. The van der Waals surface area contributed by atoms with Gasteiger partial charge in [0.25, 0.3) is 0 Å². The van der Waals surface area contributed by atoms with Gasteiger partial charge in [-0.05, 0) is 58.1 Å². The molecule has 1 aliphatic rings. The van der Waals surface area contributed by atoms with E-state index in [4.69, 9.17) is 23.2 Å². The molecule has 0 atom stereocenters. The van der Waals surface area contributed by atoms with Gasteiger partial charge in [0, 0.05) is 35.2 Å². The van der Waals surface area contributed by atoms with Gasteiger partial charge in [-0.2, -0.15) is 0 Å². The van der Waals surface area contributed by atoms with Crippen LogP contribution < -0.4 is 5.32 Å². The Morgan fingerprint density at radius 3 is 2.40 bits per heavy atom. The molecule has 0 aliphatic carbocycles. The van der Waals surface area contributed by atoms with Gasteiger partial charge in [-0.1, -0.05) is 23.2 Å². The molecule has 0 aromatic heterocycles. The lowest BCUT2D eigenvalue weighted by Crippen LogP contribution is -1.99. The minimum Gasteiger partial charge on any atom is -0.357 e. The minimum absolute atomic E-state index is 0.457. The average molecular weight is 375 g/mol. The Balaban J connectivity index is 2.60. The van der Waals surface area contributed by atoms with Crippen molar-refractivity contribution in [2.75, 3.05) is 5.32 Å². The second-order valence-electron chi connectivity index (χ2n) is 5.66. The summed E-state index contributed by atoms with van der Waals surface area (Å²) in [6, 6.07) is 3.52. The fourth-order valence-electron chi connectivity index (χ4n) is 2.25. The van der Waals surface area contributed by atoms with Gasteiger partial charge in [-0.15, -0.1) is 0 Å². The van der Waals surface area contributed by atoms with E-state index in [0.717, 1.165) is 28.5 Å². The van der Waals surface area contributed by atoms with Crippen LogP contribution in [0.5, 0.6) is 0 Å². The van der Waals surface area contributed by atoms with Crippen LogP contribution in [0.15, 0.2) is 62.9 Å². The summed E-state index contributed by atoms with van der Waals surface area (Å²) in [7, 11) is 0. The molecule has 130 valence electrons. The summed E-state index contributed by atoms with van der Waals surface area (Å²) in [5, 5.41) is 4.24. The molecule has 1 N–H and O–H groups in total. The summed E-state index contributed by atoms with van der Waals surface area (Å²) < 4.78 is 0. The molecule has 0 radical (unpaired) electrons. The first-order chi connectivity index (χ1) is 11.8. The van der Waals surface area contributed by atoms with Crippen molar-refractivity contribution in [2.24, 2.45) is 15.0 Å². The number of nitrogens with one attached hydrogen (secondary N) is 1. The molecular formula is C19H20Cl2N4. The van der Waals surface area contributed by atoms with E-state index in [1.165, 1.54) is 0 Å². The predicted octanol–water partition coefficient (Wildman–Crippen LogP) is 6.36. The Morgan fingerprint density at radius 1 is 0.920 bits per heavy atom. The second-order valence-corrected chi connectivity index (χ2v) is 6.48. The monoisotopic (exact) mass is 374 g/mol. The molecule has 6 heteroatoms. The molecule has 1 aliphatic heterocycles. The Bertz CT molecular complexity index is 843. The van der Waals surface area contributed by atoms with Crippen molar-refractivity contribution in [2.45, 2.75) is 27.7 Å². The summed E-state index contributed by atoms with van der Waals surface area (Å²) >= 11 is 12.3. The molecule has 25 heavy (non-hydrogen) atoms. The van der Waals surface area contributed by atoms with Crippen molar-refractivity contribution in [1.29, 1.82) is 0 Å². The first kappa shape index (κ1) is 19.2. The van der Waals surface area contributed by atoms with Crippen molar-refractivity contribution in [3.8, 4) is 0 Å². The standard InChI is InChI=1S/C19H20Cl2N4/c1-12-8-14(3)24-18-10-16(20)17(21)11-19(18)25-15(4)9-13(2)23-7-5-6-22-12/h5-11,24H,1-4H3/b6-5+,13-9-,14-8-,22-12+,23-7+,25-15?. The first-order valence-corrected chi connectivity index (χ1v) is 8.52. The van der Waals surface area contributed by atoms with Crippen molar-refractivity contribution < 1.29 is 0 Å². The van der Waals surface area contributed by atoms with E-state index in [0.29, 0.717) is 15.7 Å². The fourth-order valence-corrected chi connectivity index (χ4v) is 2.57. The van der Waals surface area contributed by atoms with E-state index < -0.39 is 0 Å². The van der Waals surface area contributed by atoms with Crippen LogP contribution in [0.4, 0.5) is 11.4 Å². The van der Waals surface area contributed by atoms with Crippen molar-refractivity contribution in [1.82, 2.24) is 0 Å². The molecule has 4 nitrogen and oxygen atoms in total. The highest BCUT2D eigenvalue weighted by molar-refractivity contribution is 6.42. The second kappa shape index (κ2) is 8.79. The van der Waals surface area contributed by atoms with E-state index >= 15 is 0 Å². The molecule has 2 rings (SSSR count). The molecule has 1 heterocycles. The van der Waals surface area contributed by atoms with Crippen LogP contribution in [0.1, 0.15) is 27.7 Å². The van der Waals surface area contributed by atoms with Gasteiger partial charge in [-0.3, -0.25) is 15.0 Å². The fraction of sp³-hybridized carbons (Fsp3) is 0.211. The molecule has 0 unspecified atom stereocenters. The van der Waals surface area contributed by atoms with Gasteiger partial charge in [0.1, 0.15) is 0 Å².